The molecule has 23 heavy (non-hydrogen) atoms. The van der Waals surface area contributed by atoms with Crippen molar-refractivity contribution in [3.8, 4) is 0 Å². The van der Waals surface area contributed by atoms with E-state index >= 15 is 0 Å². The monoisotopic (exact) mass is 309 g/mol. The number of nitrogens with one attached hydrogen (secondary N) is 2. The molecule has 0 aromatic heterocycles. The van der Waals surface area contributed by atoms with E-state index in [0.29, 0.717) is 11.4 Å². The number of hydrogen-bond acceptors (Lipinski definition) is 2. The van der Waals surface area contributed by atoms with Crippen molar-refractivity contribution in [2.75, 3.05) is 15.5 Å². The van der Waals surface area contributed by atoms with E-state index in [9.17, 15) is 9.59 Å². The molecule has 0 fully saturated rings. The first-order valence-corrected chi connectivity index (χ1v) is 7.60. The summed E-state index contributed by atoms with van der Waals surface area (Å²) >= 11 is 0. The van der Waals surface area contributed by atoms with E-state index in [0.717, 1.165) is 12.1 Å². The summed E-state index contributed by atoms with van der Waals surface area (Å²) in [7, 11) is 0. The predicted molar refractivity (Wildman–Crippen MR) is 91.9 cm³/mol. The van der Waals surface area contributed by atoms with E-state index < -0.39 is 0 Å². The minimum atomic E-state index is -0.144. The van der Waals surface area contributed by atoms with Crippen molar-refractivity contribution in [3.63, 3.8) is 0 Å². The van der Waals surface area contributed by atoms with Gasteiger partial charge in [0, 0.05) is 30.0 Å². The Labute approximate surface area is 135 Å². The number of benzene rings is 2. The highest BCUT2D eigenvalue weighted by molar-refractivity contribution is 6.03. The summed E-state index contributed by atoms with van der Waals surface area (Å²) in [5, 5.41) is 5.61. The number of fused-ring (bicyclic) bond motifs is 1. The maximum atomic E-state index is 12.6. The van der Waals surface area contributed by atoms with Gasteiger partial charge in [0.2, 0.25) is 5.91 Å². The van der Waals surface area contributed by atoms with Gasteiger partial charge in [-0.2, -0.15) is 0 Å². The van der Waals surface area contributed by atoms with Gasteiger partial charge in [-0.25, -0.2) is 4.79 Å². The SMILES string of the molecule is CC(=O)Nc1ccc(NC(=O)N2c3ccccc3CC2C)cc1. The first kappa shape index (κ1) is 15.1. The molecule has 2 aromatic rings. The molecule has 0 saturated carbocycles. The van der Waals surface area contributed by atoms with Gasteiger partial charge in [-0.05, 0) is 49.2 Å². The van der Waals surface area contributed by atoms with Gasteiger partial charge in [-0.3, -0.25) is 9.69 Å². The zero-order chi connectivity index (χ0) is 16.4. The standard InChI is InChI=1S/C18H19N3O2/c1-12-11-14-5-3-4-6-17(14)21(12)18(23)20-16-9-7-15(8-10-16)19-13(2)22/h3-10,12H,11H2,1-2H3,(H,19,22)(H,20,23). The number of carbonyl (C=O) groups excluding carboxylic acids is 2. The molecule has 1 unspecified atom stereocenters. The first-order chi connectivity index (χ1) is 11.0. The lowest BCUT2D eigenvalue weighted by atomic mass is 10.1. The Morgan fingerprint density at radius 2 is 1.61 bits per heavy atom. The summed E-state index contributed by atoms with van der Waals surface area (Å²) < 4.78 is 0. The van der Waals surface area contributed by atoms with Crippen molar-refractivity contribution < 1.29 is 9.59 Å². The number of rotatable bonds is 2. The quantitative estimate of drug-likeness (QED) is 0.890. The molecule has 1 atom stereocenters. The van der Waals surface area contributed by atoms with Crippen molar-refractivity contribution in [1.29, 1.82) is 0 Å². The van der Waals surface area contributed by atoms with Gasteiger partial charge in [0.25, 0.3) is 0 Å². The Morgan fingerprint density at radius 3 is 2.26 bits per heavy atom. The first-order valence-electron chi connectivity index (χ1n) is 7.60. The molecule has 118 valence electrons. The molecule has 2 N–H and O–H groups in total. The largest absolute Gasteiger partial charge is 0.326 e. The highest BCUT2D eigenvalue weighted by atomic mass is 16.2. The molecule has 1 heterocycles. The average Bonchev–Trinajstić information content (AvgIpc) is 2.84. The average molecular weight is 309 g/mol. The predicted octanol–water partition coefficient (Wildman–Crippen LogP) is 3.63. The fourth-order valence-corrected chi connectivity index (χ4v) is 2.90. The van der Waals surface area contributed by atoms with Crippen LogP contribution in [0.1, 0.15) is 19.4 Å². The van der Waals surface area contributed by atoms with Crippen molar-refractivity contribution >= 4 is 29.0 Å². The zero-order valence-electron chi connectivity index (χ0n) is 13.2. The van der Waals surface area contributed by atoms with Crippen LogP contribution in [0.25, 0.3) is 0 Å². The lowest BCUT2D eigenvalue weighted by Crippen LogP contribution is -2.39. The lowest BCUT2D eigenvalue weighted by Gasteiger charge is -2.23. The molecule has 1 aliphatic rings. The number of hydrogen-bond donors (Lipinski definition) is 2. The van der Waals surface area contributed by atoms with Crippen LogP contribution in [0.4, 0.5) is 21.9 Å². The second-order valence-electron chi connectivity index (χ2n) is 5.74. The molecule has 2 aromatic carbocycles. The molecular weight excluding hydrogens is 290 g/mol. The summed E-state index contributed by atoms with van der Waals surface area (Å²) in [5.74, 6) is -0.121. The van der Waals surface area contributed by atoms with E-state index in [1.54, 1.807) is 29.2 Å². The summed E-state index contributed by atoms with van der Waals surface area (Å²) in [5.41, 5.74) is 3.56. The van der Waals surface area contributed by atoms with E-state index in [-0.39, 0.29) is 18.0 Å². The Kier molecular flexibility index (Phi) is 4.02. The summed E-state index contributed by atoms with van der Waals surface area (Å²) in [6.07, 6.45) is 0.866. The Bertz CT molecular complexity index is 740. The molecule has 5 heteroatoms. The number of carbonyl (C=O) groups is 2. The van der Waals surface area contributed by atoms with Crippen LogP contribution >= 0.6 is 0 Å². The number of urea groups is 1. The highest BCUT2D eigenvalue weighted by Gasteiger charge is 2.30. The summed E-state index contributed by atoms with van der Waals surface area (Å²) in [6.45, 7) is 3.50. The van der Waals surface area contributed by atoms with Crippen molar-refractivity contribution in [2.45, 2.75) is 26.3 Å². The fourth-order valence-electron chi connectivity index (χ4n) is 2.90. The second-order valence-corrected chi connectivity index (χ2v) is 5.74. The van der Waals surface area contributed by atoms with Gasteiger partial charge in [0.1, 0.15) is 0 Å². The number of amides is 3. The fraction of sp³-hybridized carbons (Fsp3) is 0.222. The van der Waals surface area contributed by atoms with Gasteiger partial charge in [0.15, 0.2) is 0 Å². The highest BCUT2D eigenvalue weighted by Crippen LogP contribution is 2.32. The maximum Gasteiger partial charge on any atom is 0.326 e. The molecule has 0 spiro atoms. The lowest BCUT2D eigenvalue weighted by molar-refractivity contribution is -0.114. The van der Waals surface area contributed by atoms with Gasteiger partial charge in [0.05, 0.1) is 0 Å². The molecule has 0 saturated heterocycles. The Morgan fingerprint density at radius 1 is 1.00 bits per heavy atom. The van der Waals surface area contributed by atoms with Gasteiger partial charge in [-0.15, -0.1) is 0 Å². The van der Waals surface area contributed by atoms with Crippen LogP contribution in [-0.2, 0) is 11.2 Å². The molecule has 5 nitrogen and oxygen atoms in total. The molecule has 3 amide bonds. The zero-order valence-corrected chi connectivity index (χ0v) is 13.2. The molecule has 0 bridgehead atoms. The van der Waals surface area contributed by atoms with E-state index in [1.807, 2.05) is 25.1 Å². The van der Waals surface area contributed by atoms with E-state index in [4.69, 9.17) is 0 Å². The van der Waals surface area contributed by atoms with Gasteiger partial charge in [-0.1, -0.05) is 18.2 Å². The van der Waals surface area contributed by atoms with Crippen LogP contribution in [0.2, 0.25) is 0 Å². The van der Waals surface area contributed by atoms with Crippen molar-refractivity contribution in [1.82, 2.24) is 0 Å². The third kappa shape index (κ3) is 3.18. The van der Waals surface area contributed by atoms with Gasteiger partial charge >= 0.3 is 6.03 Å². The maximum absolute atomic E-state index is 12.6. The van der Waals surface area contributed by atoms with Crippen LogP contribution in [0.3, 0.4) is 0 Å². The number of para-hydroxylation sites is 1. The minimum absolute atomic E-state index is 0.121. The van der Waals surface area contributed by atoms with Crippen LogP contribution in [0.15, 0.2) is 48.5 Å². The topological polar surface area (TPSA) is 61.4 Å². The number of nitrogens with zero attached hydrogens (tertiary/aromatic N) is 1. The summed E-state index contributed by atoms with van der Waals surface area (Å²) in [6, 6.07) is 15.0. The number of anilines is 3. The molecular formula is C18H19N3O2. The molecule has 1 aliphatic heterocycles. The van der Waals surface area contributed by atoms with Crippen molar-refractivity contribution in [2.24, 2.45) is 0 Å². The van der Waals surface area contributed by atoms with Crippen LogP contribution in [-0.4, -0.2) is 18.0 Å². The minimum Gasteiger partial charge on any atom is -0.326 e. The third-order valence-corrected chi connectivity index (χ3v) is 3.88. The molecule has 0 aliphatic carbocycles. The van der Waals surface area contributed by atoms with Crippen LogP contribution in [0.5, 0.6) is 0 Å². The second kappa shape index (κ2) is 6.12. The third-order valence-electron chi connectivity index (χ3n) is 3.88. The summed E-state index contributed by atoms with van der Waals surface area (Å²) in [4.78, 5) is 25.4. The van der Waals surface area contributed by atoms with Crippen molar-refractivity contribution in [3.05, 3.63) is 54.1 Å². The Hall–Kier alpha value is -2.82. The van der Waals surface area contributed by atoms with Crippen LogP contribution < -0.4 is 15.5 Å². The Balaban J connectivity index is 1.73. The van der Waals surface area contributed by atoms with E-state index in [2.05, 4.69) is 16.7 Å². The van der Waals surface area contributed by atoms with E-state index in [1.165, 1.54) is 12.5 Å². The molecule has 0 radical (unpaired) electrons. The molecule has 3 rings (SSSR count). The smallest absolute Gasteiger partial charge is 0.326 e. The van der Waals surface area contributed by atoms with Gasteiger partial charge < -0.3 is 10.6 Å². The van der Waals surface area contributed by atoms with Crippen LogP contribution in [0, 0.1) is 0 Å². The normalized spacial score (nSPS) is 15.9.